The van der Waals surface area contributed by atoms with Gasteiger partial charge in [-0.1, -0.05) is 37.3 Å². The SMILES string of the molecule is CCC(NC)(c1ccccc1)[N+](=O)[O-]. The first-order valence-corrected chi connectivity index (χ1v) is 4.56. The molecule has 0 bridgehead atoms. The summed E-state index contributed by atoms with van der Waals surface area (Å²) in [6, 6.07) is 8.99. The lowest BCUT2D eigenvalue weighted by Gasteiger charge is -2.23. The van der Waals surface area contributed by atoms with Crippen molar-refractivity contribution in [2.24, 2.45) is 0 Å². The smallest absolute Gasteiger partial charge is 0.262 e. The summed E-state index contributed by atoms with van der Waals surface area (Å²) >= 11 is 0. The molecule has 76 valence electrons. The standard InChI is InChI=1S/C10H14N2O2/c1-3-10(11-2,12(13)14)9-7-5-4-6-8-9/h4-8,11H,3H2,1-2H3. The zero-order valence-electron chi connectivity index (χ0n) is 8.36. The van der Waals surface area contributed by atoms with Crippen LogP contribution in [0.15, 0.2) is 30.3 Å². The van der Waals surface area contributed by atoms with Crippen molar-refractivity contribution >= 4 is 0 Å². The molecule has 4 heteroatoms. The average molecular weight is 194 g/mol. The average Bonchev–Trinajstić information content (AvgIpc) is 2.22. The molecule has 14 heavy (non-hydrogen) atoms. The van der Waals surface area contributed by atoms with Crippen LogP contribution < -0.4 is 5.32 Å². The van der Waals surface area contributed by atoms with Crippen LogP contribution in [-0.4, -0.2) is 12.0 Å². The molecule has 1 unspecified atom stereocenters. The second-order valence-corrected chi connectivity index (χ2v) is 3.09. The number of rotatable bonds is 4. The Kier molecular flexibility index (Phi) is 3.19. The molecule has 1 aromatic carbocycles. The van der Waals surface area contributed by atoms with Crippen LogP contribution in [0, 0.1) is 10.1 Å². The van der Waals surface area contributed by atoms with Crippen molar-refractivity contribution in [1.29, 1.82) is 0 Å². The van der Waals surface area contributed by atoms with Crippen molar-refractivity contribution in [1.82, 2.24) is 5.32 Å². The molecule has 0 aliphatic rings. The fourth-order valence-corrected chi connectivity index (χ4v) is 1.56. The number of hydrogen-bond donors (Lipinski definition) is 1. The lowest BCUT2D eigenvalue weighted by atomic mass is 9.97. The van der Waals surface area contributed by atoms with Crippen LogP contribution in [0.3, 0.4) is 0 Å². The Hall–Kier alpha value is -1.42. The highest BCUT2D eigenvalue weighted by atomic mass is 16.6. The largest absolute Gasteiger partial charge is 0.300 e. The van der Waals surface area contributed by atoms with E-state index in [-0.39, 0.29) is 4.92 Å². The van der Waals surface area contributed by atoms with E-state index in [1.54, 1.807) is 38.2 Å². The summed E-state index contributed by atoms with van der Waals surface area (Å²) in [4.78, 5) is 10.8. The molecule has 0 saturated heterocycles. The van der Waals surface area contributed by atoms with E-state index in [1.807, 2.05) is 6.07 Å². The van der Waals surface area contributed by atoms with Crippen molar-refractivity contribution in [3.63, 3.8) is 0 Å². The minimum absolute atomic E-state index is 0.275. The number of nitro groups is 1. The van der Waals surface area contributed by atoms with Gasteiger partial charge in [-0.3, -0.25) is 15.4 Å². The molecule has 1 aromatic rings. The Balaban J connectivity index is 3.18. The second-order valence-electron chi connectivity index (χ2n) is 3.09. The summed E-state index contributed by atoms with van der Waals surface area (Å²) in [5.41, 5.74) is -0.462. The monoisotopic (exact) mass is 194 g/mol. The molecule has 4 nitrogen and oxygen atoms in total. The van der Waals surface area contributed by atoms with E-state index >= 15 is 0 Å². The van der Waals surface area contributed by atoms with Crippen LogP contribution in [0.2, 0.25) is 0 Å². The fourth-order valence-electron chi connectivity index (χ4n) is 1.56. The first-order valence-electron chi connectivity index (χ1n) is 4.56. The Morgan fingerprint density at radius 1 is 1.43 bits per heavy atom. The lowest BCUT2D eigenvalue weighted by molar-refractivity contribution is -0.588. The molecule has 1 atom stereocenters. The van der Waals surface area contributed by atoms with Gasteiger partial charge in [0.15, 0.2) is 0 Å². The van der Waals surface area contributed by atoms with E-state index in [4.69, 9.17) is 0 Å². The summed E-state index contributed by atoms with van der Waals surface area (Å²) in [6.45, 7) is 1.80. The normalized spacial score (nSPS) is 14.7. The van der Waals surface area contributed by atoms with Gasteiger partial charge in [0.1, 0.15) is 0 Å². The molecule has 1 N–H and O–H groups in total. The minimum Gasteiger partial charge on any atom is -0.262 e. The van der Waals surface area contributed by atoms with Gasteiger partial charge in [-0.2, -0.15) is 0 Å². The van der Waals surface area contributed by atoms with Crippen LogP contribution in [0.4, 0.5) is 0 Å². The van der Waals surface area contributed by atoms with Gasteiger partial charge in [-0.15, -0.1) is 0 Å². The summed E-state index contributed by atoms with van der Waals surface area (Å²) in [5, 5.41) is 13.8. The lowest BCUT2D eigenvalue weighted by Crippen LogP contribution is -2.46. The van der Waals surface area contributed by atoms with Crippen LogP contribution >= 0.6 is 0 Å². The second kappa shape index (κ2) is 4.19. The highest BCUT2D eigenvalue weighted by Gasteiger charge is 2.40. The van der Waals surface area contributed by atoms with Gasteiger partial charge in [0.05, 0.1) is 0 Å². The molecule has 1 rings (SSSR count). The maximum absolute atomic E-state index is 11.0. The van der Waals surface area contributed by atoms with Crippen LogP contribution in [0.1, 0.15) is 18.9 Å². The topological polar surface area (TPSA) is 55.2 Å². The molecule has 0 aliphatic carbocycles. The van der Waals surface area contributed by atoms with E-state index in [2.05, 4.69) is 5.32 Å². The summed E-state index contributed by atoms with van der Waals surface area (Å²) in [7, 11) is 1.61. The van der Waals surface area contributed by atoms with E-state index in [0.29, 0.717) is 12.0 Å². The number of nitrogens with zero attached hydrogens (tertiary/aromatic N) is 1. The molecular weight excluding hydrogens is 180 g/mol. The van der Waals surface area contributed by atoms with Gasteiger partial charge < -0.3 is 0 Å². The highest BCUT2D eigenvalue weighted by molar-refractivity contribution is 5.21. The van der Waals surface area contributed by atoms with Gasteiger partial charge in [-0.05, 0) is 7.05 Å². The molecule has 0 heterocycles. The van der Waals surface area contributed by atoms with Gasteiger partial charge >= 0.3 is 0 Å². The van der Waals surface area contributed by atoms with E-state index in [0.717, 1.165) is 0 Å². The van der Waals surface area contributed by atoms with Crippen molar-refractivity contribution in [3.8, 4) is 0 Å². The Bertz CT molecular complexity index is 307. The maximum atomic E-state index is 11.0. The van der Waals surface area contributed by atoms with Gasteiger partial charge in [0.25, 0.3) is 5.66 Å². The van der Waals surface area contributed by atoms with Gasteiger partial charge in [-0.25, -0.2) is 0 Å². The zero-order chi connectivity index (χ0) is 10.6. The molecule has 0 radical (unpaired) electrons. The third-order valence-electron chi connectivity index (χ3n) is 2.49. The maximum Gasteiger partial charge on any atom is 0.300 e. The summed E-state index contributed by atoms with van der Waals surface area (Å²) < 4.78 is 0. The third-order valence-corrected chi connectivity index (χ3v) is 2.49. The van der Waals surface area contributed by atoms with Crippen molar-refractivity contribution in [3.05, 3.63) is 46.0 Å². The first-order chi connectivity index (χ1) is 6.67. The Labute approximate surface area is 83.1 Å². The van der Waals surface area contributed by atoms with Gasteiger partial charge in [0.2, 0.25) is 0 Å². The summed E-state index contributed by atoms with van der Waals surface area (Å²) in [6.07, 6.45) is 0.417. The number of hydrogen-bond acceptors (Lipinski definition) is 3. The van der Waals surface area contributed by atoms with Crippen LogP contribution in [-0.2, 0) is 5.66 Å². The minimum atomic E-state index is -1.15. The quantitative estimate of drug-likeness (QED) is 0.451. The van der Waals surface area contributed by atoms with Crippen molar-refractivity contribution in [2.45, 2.75) is 19.0 Å². The molecule has 0 aromatic heterocycles. The van der Waals surface area contributed by atoms with Crippen molar-refractivity contribution < 1.29 is 4.92 Å². The molecule has 0 amide bonds. The van der Waals surface area contributed by atoms with E-state index < -0.39 is 5.66 Å². The predicted molar refractivity (Wildman–Crippen MR) is 54.5 cm³/mol. The first kappa shape index (κ1) is 10.7. The Morgan fingerprint density at radius 2 is 2.00 bits per heavy atom. The van der Waals surface area contributed by atoms with Crippen LogP contribution in [0.25, 0.3) is 0 Å². The van der Waals surface area contributed by atoms with E-state index in [1.165, 1.54) is 0 Å². The number of nitrogens with one attached hydrogen (secondary N) is 1. The zero-order valence-corrected chi connectivity index (χ0v) is 8.36. The van der Waals surface area contributed by atoms with Crippen LogP contribution in [0.5, 0.6) is 0 Å². The molecule has 0 spiro atoms. The van der Waals surface area contributed by atoms with E-state index in [9.17, 15) is 10.1 Å². The van der Waals surface area contributed by atoms with Crippen molar-refractivity contribution in [2.75, 3.05) is 7.05 Å². The fraction of sp³-hybridized carbons (Fsp3) is 0.400. The molecular formula is C10H14N2O2. The highest BCUT2D eigenvalue weighted by Crippen LogP contribution is 2.24. The molecule has 0 saturated carbocycles. The van der Waals surface area contributed by atoms with Gasteiger partial charge in [0, 0.05) is 16.9 Å². The number of benzene rings is 1. The molecule has 0 fully saturated rings. The third kappa shape index (κ3) is 1.61. The molecule has 0 aliphatic heterocycles. The predicted octanol–water partition coefficient (Wildman–Crippen LogP) is 1.75. The summed E-state index contributed by atoms with van der Waals surface area (Å²) in [5.74, 6) is 0. The Morgan fingerprint density at radius 3 is 2.36 bits per heavy atom.